The highest BCUT2D eigenvalue weighted by Gasteiger charge is 2.40. The average molecular weight is 243 g/mol. The highest BCUT2D eigenvalue weighted by Crippen LogP contribution is 2.33. The molecule has 4 rings (SSSR count). The Labute approximate surface area is 109 Å². The molecule has 2 saturated heterocycles. The molecule has 2 heteroatoms. The van der Waals surface area contributed by atoms with Crippen LogP contribution in [0.15, 0.2) is 24.3 Å². The summed E-state index contributed by atoms with van der Waals surface area (Å²) in [7, 11) is 0. The molecule has 2 fully saturated rings. The maximum Gasteiger partial charge on any atom is 0.0510 e. The molecule has 0 N–H and O–H groups in total. The maximum absolute atomic E-state index is 5.58. The number of rotatable bonds is 1. The molecule has 2 aliphatic heterocycles. The van der Waals surface area contributed by atoms with Crippen LogP contribution in [0.1, 0.15) is 17.5 Å². The second-order valence-corrected chi connectivity index (χ2v) is 6.18. The van der Waals surface area contributed by atoms with Gasteiger partial charge in [0, 0.05) is 31.0 Å². The molecule has 1 aromatic carbocycles. The normalized spacial score (nSPS) is 35.4. The van der Waals surface area contributed by atoms with Crippen LogP contribution in [0.4, 0.5) is 0 Å². The fourth-order valence-corrected chi connectivity index (χ4v) is 4.01. The molecule has 0 saturated carbocycles. The van der Waals surface area contributed by atoms with E-state index in [-0.39, 0.29) is 0 Å². The topological polar surface area (TPSA) is 12.5 Å². The van der Waals surface area contributed by atoms with E-state index < -0.39 is 0 Å². The summed E-state index contributed by atoms with van der Waals surface area (Å²) in [5.74, 6) is 1.64. The van der Waals surface area contributed by atoms with Gasteiger partial charge in [0.05, 0.1) is 13.2 Å². The molecule has 0 aromatic heterocycles. The van der Waals surface area contributed by atoms with Crippen LogP contribution >= 0.6 is 0 Å². The Hall–Kier alpha value is -0.860. The largest absolute Gasteiger partial charge is 0.381 e. The van der Waals surface area contributed by atoms with Crippen molar-refractivity contribution < 1.29 is 4.74 Å². The third-order valence-electron chi connectivity index (χ3n) is 5.11. The molecule has 0 bridgehead atoms. The van der Waals surface area contributed by atoms with E-state index in [4.69, 9.17) is 4.74 Å². The van der Waals surface area contributed by atoms with Crippen molar-refractivity contribution in [3.8, 4) is 0 Å². The minimum atomic E-state index is 0.783. The van der Waals surface area contributed by atoms with Crippen LogP contribution in [-0.2, 0) is 17.6 Å². The van der Waals surface area contributed by atoms with Crippen LogP contribution in [0.3, 0.4) is 0 Å². The lowest BCUT2D eigenvalue weighted by atomic mass is 9.87. The van der Waals surface area contributed by atoms with Crippen LogP contribution in [0.5, 0.6) is 0 Å². The van der Waals surface area contributed by atoms with E-state index in [0.717, 1.165) is 31.1 Å². The van der Waals surface area contributed by atoms with E-state index in [1.807, 2.05) is 0 Å². The number of hydrogen-bond acceptors (Lipinski definition) is 2. The van der Waals surface area contributed by atoms with Gasteiger partial charge in [-0.3, -0.25) is 4.90 Å². The number of benzene rings is 1. The van der Waals surface area contributed by atoms with Gasteiger partial charge in [0.25, 0.3) is 0 Å². The standard InChI is InChI=1S/C16H21NO/c1-2-4-13-7-16(6-5-12(13)3-1)17-8-14-10-18-11-15(14)9-17/h1-4,14-16H,5-11H2/t14-,15?,16?/m0/s1. The summed E-state index contributed by atoms with van der Waals surface area (Å²) in [4.78, 5) is 2.74. The molecule has 0 radical (unpaired) electrons. The van der Waals surface area contributed by atoms with Gasteiger partial charge in [-0.15, -0.1) is 0 Å². The molecule has 96 valence electrons. The van der Waals surface area contributed by atoms with Crippen molar-refractivity contribution in [1.82, 2.24) is 4.90 Å². The first-order valence-electron chi connectivity index (χ1n) is 7.29. The van der Waals surface area contributed by atoms with E-state index in [9.17, 15) is 0 Å². The monoisotopic (exact) mass is 243 g/mol. The Morgan fingerprint density at radius 3 is 2.50 bits per heavy atom. The first-order valence-corrected chi connectivity index (χ1v) is 7.29. The number of nitrogens with zero attached hydrogens (tertiary/aromatic N) is 1. The van der Waals surface area contributed by atoms with Gasteiger partial charge < -0.3 is 4.74 Å². The van der Waals surface area contributed by atoms with Gasteiger partial charge in [0.1, 0.15) is 0 Å². The second kappa shape index (κ2) is 4.36. The van der Waals surface area contributed by atoms with Crippen LogP contribution in [-0.4, -0.2) is 37.2 Å². The third-order valence-corrected chi connectivity index (χ3v) is 5.11. The van der Waals surface area contributed by atoms with E-state index in [0.29, 0.717) is 0 Å². The van der Waals surface area contributed by atoms with E-state index in [2.05, 4.69) is 29.2 Å². The molecular formula is C16H21NO. The van der Waals surface area contributed by atoms with E-state index in [1.54, 1.807) is 11.1 Å². The molecule has 18 heavy (non-hydrogen) atoms. The molecule has 0 amide bonds. The number of likely N-dealkylation sites (tertiary alicyclic amines) is 1. The highest BCUT2D eigenvalue weighted by atomic mass is 16.5. The first-order chi connectivity index (χ1) is 8.90. The van der Waals surface area contributed by atoms with Gasteiger partial charge in [-0.2, -0.15) is 0 Å². The third kappa shape index (κ3) is 1.79. The average Bonchev–Trinajstić information content (AvgIpc) is 2.99. The van der Waals surface area contributed by atoms with Crippen LogP contribution < -0.4 is 0 Å². The summed E-state index contributed by atoms with van der Waals surface area (Å²) in [5, 5.41) is 0. The zero-order valence-electron chi connectivity index (χ0n) is 10.8. The van der Waals surface area contributed by atoms with Gasteiger partial charge in [0.15, 0.2) is 0 Å². The fourth-order valence-electron chi connectivity index (χ4n) is 4.01. The summed E-state index contributed by atoms with van der Waals surface area (Å²) < 4.78 is 5.58. The van der Waals surface area contributed by atoms with E-state index in [1.165, 1.54) is 32.4 Å². The van der Waals surface area contributed by atoms with Crippen molar-refractivity contribution in [1.29, 1.82) is 0 Å². The van der Waals surface area contributed by atoms with Crippen molar-refractivity contribution in [3.05, 3.63) is 35.4 Å². The lowest BCUT2D eigenvalue weighted by Gasteiger charge is -2.32. The van der Waals surface area contributed by atoms with Crippen molar-refractivity contribution in [2.75, 3.05) is 26.3 Å². The fraction of sp³-hybridized carbons (Fsp3) is 0.625. The minimum absolute atomic E-state index is 0.783. The summed E-state index contributed by atoms with van der Waals surface area (Å²) >= 11 is 0. The SMILES string of the molecule is c1ccc2c(c1)CCC(N1CC3COC[C@@H]3C1)C2. The van der Waals surface area contributed by atoms with Crippen LogP contribution in [0.25, 0.3) is 0 Å². The van der Waals surface area contributed by atoms with Crippen LogP contribution in [0.2, 0.25) is 0 Å². The van der Waals surface area contributed by atoms with Crippen molar-refractivity contribution in [2.24, 2.45) is 11.8 Å². The Kier molecular flexibility index (Phi) is 2.66. The second-order valence-electron chi connectivity index (χ2n) is 6.18. The van der Waals surface area contributed by atoms with Gasteiger partial charge in [-0.05, 0) is 30.4 Å². The van der Waals surface area contributed by atoms with Gasteiger partial charge in [-0.25, -0.2) is 0 Å². The maximum atomic E-state index is 5.58. The number of hydrogen-bond donors (Lipinski definition) is 0. The Balaban J connectivity index is 1.48. The summed E-state index contributed by atoms with van der Waals surface area (Å²) in [6.07, 6.45) is 3.87. The Morgan fingerprint density at radius 2 is 1.72 bits per heavy atom. The van der Waals surface area contributed by atoms with E-state index >= 15 is 0 Å². The predicted octanol–water partition coefficient (Wildman–Crippen LogP) is 2.12. The zero-order chi connectivity index (χ0) is 11.9. The summed E-state index contributed by atoms with van der Waals surface area (Å²) in [6.45, 7) is 4.56. The van der Waals surface area contributed by atoms with Crippen molar-refractivity contribution >= 4 is 0 Å². The van der Waals surface area contributed by atoms with Crippen LogP contribution in [0, 0.1) is 11.8 Å². The summed E-state index contributed by atoms with van der Waals surface area (Å²) in [5.41, 5.74) is 3.17. The molecule has 1 aromatic rings. The lowest BCUT2D eigenvalue weighted by Crippen LogP contribution is -2.38. The van der Waals surface area contributed by atoms with Crippen molar-refractivity contribution in [3.63, 3.8) is 0 Å². The Bertz CT molecular complexity index is 432. The van der Waals surface area contributed by atoms with Gasteiger partial charge >= 0.3 is 0 Å². The molecule has 0 spiro atoms. The van der Waals surface area contributed by atoms with Crippen molar-refractivity contribution in [2.45, 2.75) is 25.3 Å². The molecule has 3 aliphatic rings. The quantitative estimate of drug-likeness (QED) is 0.749. The first kappa shape index (κ1) is 11.0. The molecule has 1 aliphatic carbocycles. The Morgan fingerprint density at radius 1 is 1.00 bits per heavy atom. The number of aryl methyl sites for hydroxylation is 1. The molecule has 2 heterocycles. The highest BCUT2D eigenvalue weighted by molar-refractivity contribution is 5.30. The van der Waals surface area contributed by atoms with Gasteiger partial charge in [0.2, 0.25) is 0 Å². The lowest BCUT2D eigenvalue weighted by molar-refractivity contribution is 0.134. The predicted molar refractivity (Wildman–Crippen MR) is 71.6 cm³/mol. The minimum Gasteiger partial charge on any atom is -0.381 e. The number of ether oxygens (including phenoxy) is 1. The molecular weight excluding hydrogens is 222 g/mol. The molecule has 3 atom stereocenters. The zero-order valence-corrected chi connectivity index (χ0v) is 10.8. The smallest absolute Gasteiger partial charge is 0.0510 e. The summed E-state index contributed by atoms with van der Waals surface area (Å²) in [6, 6.07) is 9.77. The molecule has 2 unspecified atom stereocenters. The molecule has 2 nitrogen and oxygen atoms in total. The van der Waals surface area contributed by atoms with Gasteiger partial charge in [-0.1, -0.05) is 24.3 Å². The number of fused-ring (bicyclic) bond motifs is 2.